The van der Waals surface area contributed by atoms with E-state index in [-0.39, 0.29) is 23.5 Å². The molecule has 0 amide bonds. The summed E-state index contributed by atoms with van der Waals surface area (Å²) in [5.41, 5.74) is 5.91. The Kier molecular flexibility index (Phi) is 12.8. The van der Waals surface area contributed by atoms with Crippen LogP contribution in [-0.2, 0) is 12.8 Å². The van der Waals surface area contributed by atoms with Crippen LogP contribution < -0.4 is 5.32 Å². The highest BCUT2D eigenvalue weighted by Gasteiger charge is 2.20. The molecule has 0 radical (unpaired) electrons. The second kappa shape index (κ2) is 18.2. The minimum atomic E-state index is -0.414. The fourth-order valence-electron chi connectivity index (χ4n) is 5.29. The van der Waals surface area contributed by atoms with E-state index in [0.29, 0.717) is 12.8 Å². The lowest BCUT2D eigenvalue weighted by atomic mass is 10.0. The molecule has 0 saturated heterocycles. The van der Waals surface area contributed by atoms with Gasteiger partial charge in [-0.2, -0.15) is 0 Å². The first-order chi connectivity index (χ1) is 26.2. The van der Waals surface area contributed by atoms with E-state index < -0.39 is 9.85 Å². The molecule has 54 heavy (non-hydrogen) atoms. The summed E-state index contributed by atoms with van der Waals surface area (Å²) in [6.45, 7) is 1.91. The van der Waals surface area contributed by atoms with Crippen molar-refractivity contribution in [2.45, 2.75) is 31.8 Å². The molecule has 0 saturated carbocycles. The molecule has 0 aliphatic heterocycles. The molecular weight excluding hydrogens is 761 g/mol. The van der Waals surface area contributed by atoms with Crippen LogP contribution in [0.5, 0.6) is 0 Å². The first-order valence-electron chi connectivity index (χ1n) is 16.4. The Morgan fingerprint density at radius 3 is 1.70 bits per heavy atom. The molecule has 0 aliphatic carbocycles. The Bertz CT molecular complexity index is 2360. The zero-order valence-corrected chi connectivity index (χ0v) is 31.8. The van der Waals surface area contributed by atoms with E-state index in [9.17, 15) is 20.2 Å². The number of nitro groups is 2. The average molecular weight is 791 g/mol. The zero-order chi connectivity index (χ0) is 37.9. The third-order valence-corrected chi connectivity index (χ3v) is 10.7. The highest BCUT2D eigenvalue weighted by molar-refractivity contribution is 7.78. The number of hydrogen-bond acceptors (Lipinski definition) is 14. The quantitative estimate of drug-likeness (QED) is 0.0515. The zero-order valence-electron chi connectivity index (χ0n) is 28.5. The van der Waals surface area contributed by atoms with Gasteiger partial charge in [-0.1, -0.05) is 96.3 Å². The molecule has 3 aromatic heterocycles. The van der Waals surface area contributed by atoms with Crippen LogP contribution in [0.2, 0.25) is 0 Å². The monoisotopic (exact) mass is 790 g/mol. The predicted octanol–water partition coefficient (Wildman–Crippen LogP) is 10.4. The Balaban J connectivity index is 0.000000186. The van der Waals surface area contributed by atoms with Crippen molar-refractivity contribution < 1.29 is 9.85 Å². The number of nitrogens with zero attached hydrogens (tertiary/aromatic N) is 7. The van der Waals surface area contributed by atoms with Gasteiger partial charge in [-0.3, -0.25) is 20.2 Å². The van der Waals surface area contributed by atoms with Gasteiger partial charge in [0.1, 0.15) is 21.1 Å². The van der Waals surface area contributed by atoms with Crippen molar-refractivity contribution in [2.75, 3.05) is 5.32 Å². The van der Waals surface area contributed by atoms with Crippen molar-refractivity contribution in [2.24, 2.45) is 4.99 Å². The second-order valence-corrected chi connectivity index (χ2v) is 14.8. The summed E-state index contributed by atoms with van der Waals surface area (Å²) < 4.78 is 0. The molecule has 270 valence electrons. The van der Waals surface area contributed by atoms with E-state index >= 15 is 0 Å². The van der Waals surface area contributed by atoms with Crippen molar-refractivity contribution in [3.05, 3.63) is 168 Å². The molecule has 0 bridgehead atoms. The van der Waals surface area contributed by atoms with Gasteiger partial charge in [0.2, 0.25) is 5.13 Å². The van der Waals surface area contributed by atoms with Crippen LogP contribution in [0.3, 0.4) is 0 Å². The molecule has 0 aliphatic rings. The number of non-ortho nitro benzene ring substituents is 2. The number of thiazole rings is 2. The summed E-state index contributed by atoms with van der Waals surface area (Å²) >= 11 is 9.40. The number of nitrogens with one attached hydrogen (secondary N) is 1. The standard InChI is InChI=1S/C20H17N5O2S2.C18H13N3O2S2/c1-13-23-24-20(29-13)22-17(11-14-7-9-16(10-8-14)25(26)27)18-12-28-19(21-18)15-5-3-2-4-6-15;22-21(23)15-8-6-13(7-9-15)10-16(19-12-24)17-11-25-18(20-17)14-4-2-1-3-5-14/h2-10,12,17H,11H2,1H3,(H,22,24);1-9,11,16H,10H2/t17-;16-/m00/s1. The first-order valence-corrected chi connectivity index (χ1v) is 19.4. The summed E-state index contributed by atoms with van der Waals surface area (Å²) in [4.78, 5) is 34.6. The van der Waals surface area contributed by atoms with Crippen LogP contribution in [-0.4, -0.2) is 35.2 Å². The maximum atomic E-state index is 10.9. The Labute approximate surface area is 327 Å². The third kappa shape index (κ3) is 10.2. The second-order valence-electron chi connectivity index (χ2n) is 11.7. The minimum Gasteiger partial charge on any atom is -0.351 e. The fourth-order valence-corrected chi connectivity index (χ4v) is 7.82. The van der Waals surface area contributed by atoms with Crippen LogP contribution in [0.25, 0.3) is 21.1 Å². The van der Waals surface area contributed by atoms with Gasteiger partial charge in [0.05, 0.1) is 32.4 Å². The number of rotatable bonds is 13. The van der Waals surface area contributed by atoms with Gasteiger partial charge < -0.3 is 5.32 Å². The predicted molar refractivity (Wildman–Crippen MR) is 217 cm³/mol. The fraction of sp³-hybridized carbons (Fsp3) is 0.132. The molecule has 0 spiro atoms. The molecule has 16 heteroatoms. The average Bonchev–Trinajstić information content (AvgIpc) is 3.98. The molecule has 12 nitrogen and oxygen atoms in total. The summed E-state index contributed by atoms with van der Waals surface area (Å²) in [7, 11) is 0. The molecule has 1 N–H and O–H groups in total. The molecule has 7 rings (SSSR count). The molecular formula is C38H30N8O4S4. The van der Waals surface area contributed by atoms with E-state index in [1.54, 1.807) is 46.9 Å². The van der Waals surface area contributed by atoms with Crippen LogP contribution in [0.15, 0.2) is 125 Å². The largest absolute Gasteiger partial charge is 0.351 e. The van der Waals surface area contributed by atoms with Crippen molar-refractivity contribution in [1.82, 2.24) is 20.2 Å². The van der Waals surface area contributed by atoms with E-state index in [2.05, 4.69) is 30.7 Å². The van der Waals surface area contributed by atoms with Crippen LogP contribution in [0.4, 0.5) is 16.5 Å². The van der Waals surface area contributed by atoms with Gasteiger partial charge in [0.25, 0.3) is 11.4 Å². The van der Waals surface area contributed by atoms with E-state index in [1.807, 2.05) is 78.3 Å². The number of isothiocyanates is 1. The van der Waals surface area contributed by atoms with Gasteiger partial charge in [-0.05, 0) is 36.7 Å². The Hall–Kier alpha value is -5.90. The Morgan fingerprint density at radius 1 is 0.722 bits per heavy atom. The number of nitro benzene ring substituents is 2. The highest BCUT2D eigenvalue weighted by atomic mass is 32.1. The van der Waals surface area contributed by atoms with E-state index in [0.717, 1.165) is 53.8 Å². The maximum Gasteiger partial charge on any atom is 0.269 e. The van der Waals surface area contributed by atoms with Gasteiger partial charge >= 0.3 is 0 Å². The lowest BCUT2D eigenvalue weighted by Crippen LogP contribution is -2.14. The van der Waals surface area contributed by atoms with Gasteiger partial charge in [0, 0.05) is 52.6 Å². The van der Waals surface area contributed by atoms with Gasteiger partial charge in [-0.25, -0.2) is 15.0 Å². The summed E-state index contributed by atoms with van der Waals surface area (Å²) in [6.07, 6.45) is 1.17. The Morgan fingerprint density at radius 2 is 1.22 bits per heavy atom. The molecule has 2 atom stereocenters. The number of aliphatic imine (C=N–C) groups is 1. The summed E-state index contributed by atoms with van der Waals surface area (Å²) in [5.74, 6) is 0. The normalized spacial score (nSPS) is 11.7. The highest BCUT2D eigenvalue weighted by Crippen LogP contribution is 2.32. The molecule has 0 fully saturated rings. The van der Waals surface area contributed by atoms with Crippen molar-refractivity contribution in [3.63, 3.8) is 0 Å². The number of benzene rings is 4. The summed E-state index contributed by atoms with van der Waals surface area (Å²) in [5, 5.41) is 43.2. The van der Waals surface area contributed by atoms with Crippen molar-refractivity contribution >= 4 is 67.9 Å². The first kappa shape index (κ1) is 37.8. The van der Waals surface area contributed by atoms with E-state index in [1.165, 1.54) is 35.6 Å². The van der Waals surface area contributed by atoms with Gasteiger partial charge in [-0.15, -0.1) is 32.9 Å². The lowest BCUT2D eigenvalue weighted by molar-refractivity contribution is -0.385. The SMILES string of the molecule is Cc1nnc(N[C@@H](Cc2ccc([N+](=O)[O-])cc2)c2csc(-c3ccccc3)n2)s1.O=[N+]([O-])c1ccc(C[C@H](N=C=S)c2csc(-c3ccccc3)n2)cc1. The topological polar surface area (TPSA) is 162 Å². The minimum absolute atomic E-state index is 0.0682. The number of hydrogen-bond donors (Lipinski definition) is 1. The molecule has 3 heterocycles. The van der Waals surface area contributed by atoms with E-state index in [4.69, 9.17) is 17.2 Å². The lowest BCUT2D eigenvalue weighted by Gasteiger charge is -2.16. The maximum absolute atomic E-state index is 10.9. The van der Waals surface area contributed by atoms with Crippen LogP contribution in [0, 0.1) is 27.2 Å². The number of aromatic nitrogens is 4. The number of thiocarbonyl (C=S) groups is 1. The smallest absolute Gasteiger partial charge is 0.269 e. The number of anilines is 1. The molecule has 0 unspecified atom stereocenters. The number of aryl methyl sites for hydroxylation is 1. The summed E-state index contributed by atoms with van der Waals surface area (Å²) in [6, 6.07) is 32.6. The third-order valence-electron chi connectivity index (χ3n) is 7.98. The van der Waals surface area contributed by atoms with Crippen LogP contribution in [0.1, 0.15) is 39.6 Å². The molecule has 4 aromatic carbocycles. The van der Waals surface area contributed by atoms with Crippen molar-refractivity contribution in [3.8, 4) is 21.1 Å². The molecule has 7 aromatic rings. The van der Waals surface area contributed by atoms with Crippen molar-refractivity contribution in [1.29, 1.82) is 0 Å². The van der Waals surface area contributed by atoms with Gasteiger partial charge in [0.15, 0.2) is 0 Å². The van der Waals surface area contributed by atoms with Crippen LogP contribution >= 0.6 is 46.2 Å².